The zero-order valence-corrected chi connectivity index (χ0v) is 18.9. The first kappa shape index (κ1) is 22.4. The number of ketones is 1. The van der Waals surface area contributed by atoms with E-state index >= 15 is 0 Å². The average molecular weight is 470 g/mol. The second-order valence-corrected chi connectivity index (χ2v) is 11.7. The fourth-order valence-electron chi connectivity index (χ4n) is 4.19. The first-order chi connectivity index (χ1) is 15.3. The third-order valence-corrected chi connectivity index (χ3v) is 10.1. The van der Waals surface area contributed by atoms with Crippen LogP contribution in [0.3, 0.4) is 0 Å². The van der Waals surface area contributed by atoms with Crippen molar-refractivity contribution < 1.29 is 21.6 Å². The van der Waals surface area contributed by atoms with Crippen LogP contribution < -0.4 is 0 Å². The van der Waals surface area contributed by atoms with Crippen LogP contribution in [0.25, 0.3) is 0 Å². The number of hydrogen-bond acceptors (Lipinski definition) is 5. The van der Waals surface area contributed by atoms with Gasteiger partial charge in [0.15, 0.2) is 0 Å². The minimum atomic E-state index is -4.47. The van der Waals surface area contributed by atoms with Crippen LogP contribution >= 0.6 is 0 Å². The Hall–Kier alpha value is -2.81. The highest BCUT2D eigenvalue weighted by Gasteiger charge is 2.50. The molecule has 0 N–H and O–H groups in total. The molecule has 0 aromatic heterocycles. The molecule has 3 aromatic rings. The van der Waals surface area contributed by atoms with Crippen molar-refractivity contribution in [3.05, 3.63) is 96.6 Å². The van der Waals surface area contributed by atoms with Crippen molar-refractivity contribution >= 4 is 25.8 Å². The Morgan fingerprint density at radius 3 is 1.53 bits per heavy atom. The van der Waals surface area contributed by atoms with Crippen molar-refractivity contribution in [2.75, 3.05) is 6.54 Å². The lowest BCUT2D eigenvalue weighted by atomic mass is 9.78. The van der Waals surface area contributed by atoms with E-state index in [9.17, 15) is 21.6 Å². The van der Waals surface area contributed by atoms with Crippen LogP contribution in [0, 0.1) is 0 Å². The van der Waals surface area contributed by atoms with Crippen molar-refractivity contribution in [1.29, 1.82) is 0 Å². The molecule has 1 atom stereocenters. The largest absolute Gasteiger partial charge is 0.299 e. The summed E-state index contributed by atoms with van der Waals surface area (Å²) >= 11 is 0. The summed E-state index contributed by atoms with van der Waals surface area (Å²) in [6.45, 7) is -0.482. The summed E-state index contributed by atoms with van der Waals surface area (Å²) in [5.74, 6) is -0.153. The van der Waals surface area contributed by atoms with Crippen molar-refractivity contribution in [1.82, 2.24) is 3.71 Å². The molecule has 1 fully saturated rings. The molecule has 3 aromatic carbocycles. The molecule has 1 aliphatic rings. The fourth-order valence-corrected chi connectivity index (χ4v) is 7.99. The van der Waals surface area contributed by atoms with E-state index in [4.69, 9.17) is 0 Å². The summed E-state index contributed by atoms with van der Waals surface area (Å²) in [6, 6.07) is 23.7. The monoisotopic (exact) mass is 469 g/mol. The SMILES string of the molecule is O=C1CCCC1(CN(S(=O)(=O)c1ccccc1)S(=O)(=O)c1ccccc1)c1ccccc1. The predicted octanol–water partition coefficient (Wildman–Crippen LogP) is 3.76. The van der Waals surface area contributed by atoms with E-state index in [1.54, 1.807) is 42.5 Å². The number of carbonyl (C=O) groups is 1. The number of nitrogens with zero attached hydrogens (tertiary/aromatic N) is 1. The maximum absolute atomic E-state index is 13.7. The third kappa shape index (κ3) is 3.90. The van der Waals surface area contributed by atoms with Crippen LogP contribution in [-0.2, 0) is 30.3 Å². The van der Waals surface area contributed by atoms with Gasteiger partial charge in [-0.25, -0.2) is 16.8 Å². The molecule has 0 bridgehead atoms. The van der Waals surface area contributed by atoms with Crippen molar-refractivity contribution in [3.63, 3.8) is 0 Å². The Balaban J connectivity index is 1.91. The quantitative estimate of drug-likeness (QED) is 0.526. The Morgan fingerprint density at radius 1 is 0.688 bits per heavy atom. The van der Waals surface area contributed by atoms with Crippen LogP contribution in [0.4, 0.5) is 0 Å². The van der Waals surface area contributed by atoms with Gasteiger partial charge in [-0.3, -0.25) is 4.79 Å². The second-order valence-electron chi connectivity index (χ2n) is 7.79. The highest BCUT2D eigenvalue weighted by atomic mass is 32.3. The molecule has 0 heterocycles. The van der Waals surface area contributed by atoms with Crippen LogP contribution in [-0.4, -0.2) is 32.9 Å². The molecule has 0 radical (unpaired) electrons. The zero-order valence-electron chi connectivity index (χ0n) is 17.3. The molecule has 8 heteroatoms. The minimum Gasteiger partial charge on any atom is -0.299 e. The summed E-state index contributed by atoms with van der Waals surface area (Å²) in [6.07, 6.45) is 1.22. The average Bonchev–Trinajstić information content (AvgIpc) is 3.20. The Kier molecular flexibility index (Phi) is 6.03. The van der Waals surface area contributed by atoms with Crippen LogP contribution in [0.1, 0.15) is 24.8 Å². The Labute approximate surface area is 188 Å². The van der Waals surface area contributed by atoms with E-state index < -0.39 is 32.0 Å². The van der Waals surface area contributed by atoms with Gasteiger partial charge >= 0.3 is 0 Å². The molecule has 4 rings (SSSR count). The van der Waals surface area contributed by atoms with Gasteiger partial charge in [-0.15, -0.1) is 0 Å². The molecular weight excluding hydrogens is 446 g/mol. The number of rotatable bonds is 7. The molecule has 1 saturated carbocycles. The summed E-state index contributed by atoms with van der Waals surface area (Å²) in [7, 11) is -8.94. The fraction of sp³-hybridized carbons (Fsp3) is 0.208. The maximum Gasteiger partial charge on any atom is 0.256 e. The van der Waals surface area contributed by atoms with Gasteiger partial charge in [-0.05, 0) is 42.7 Å². The summed E-state index contributed by atoms with van der Waals surface area (Å²) < 4.78 is 55.1. The highest BCUT2D eigenvalue weighted by molar-refractivity contribution is 8.04. The molecule has 166 valence electrons. The van der Waals surface area contributed by atoms with E-state index in [1.807, 2.05) is 0 Å². The Bertz CT molecular complexity index is 1240. The number of benzene rings is 3. The first-order valence-corrected chi connectivity index (χ1v) is 13.1. The topological polar surface area (TPSA) is 88.6 Å². The molecule has 0 spiro atoms. The maximum atomic E-state index is 13.7. The number of Topliss-reactive ketones (excluding diaryl/α,β-unsaturated/α-hetero) is 1. The lowest BCUT2D eigenvalue weighted by Gasteiger charge is -2.33. The second kappa shape index (κ2) is 8.61. The van der Waals surface area contributed by atoms with Gasteiger partial charge in [0.1, 0.15) is 5.78 Å². The molecule has 0 amide bonds. The summed E-state index contributed by atoms with van der Waals surface area (Å²) in [5.41, 5.74) is -0.607. The minimum absolute atomic E-state index is 0.145. The van der Waals surface area contributed by atoms with E-state index in [1.165, 1.54) is 48.5 Å². The van der Waals surface area contributed by atoms with E-state index in [0.717, 1.165) is 0 Å². The van der Waals surface area contributed by atoms with E-state index in [-0.39, 0.29) is 22.0 Å². The first-order valence-electron chi connectivity index (χ1n) is 10.3. The molecule has 0 saturated heterocycles. The summed E-state index contributed by atoms with van der Waals surface area (Å²) in [4.78, 5) is 12.9. The van der Waals surface area contributed by atoms with Gasteiger partial charge in [0.2, 0.25) is 0 Å². The van der Waals surface area contributed by atoms with Crippen molar-refractivity contribution in [2.45, 2.75) is 34.5 Å². The highest BCUT2D eigenvalue weighted by Crippen LogP contribution is 2.41. The standard InChI is InChI=1S/C24H23NO5S2/c26-23-17-10-18-24(23,20-11-4-1-5-12-20)19-25(31(27,28)21-13-6-2-7-14-21)32(29,30)22-15-8-3-9-16-22/h1-9,11-16H,10,17-19H2. The van der Waals surface area contributed by atoms with Gasteiger partial charge < -0.3 is 0 Å². The smallest absolute Gasteiger partial charge is 0.256 e. The number of carbonyl (C=O) groups excluding carboxylic acids is 1. The normalized spacial score (nSPS) is 19.3. The summed E-state index contributed by atoms with van der Waals surface area (Å²) in [5, 5.41) is 0. The van der Waals surface area contributed by atoms with Crippen molar-refractivity contribution in [2.24, 2.45) is 0 Å². The lowest BCUT2D eigenvalue weighted by Crippen LogP contribution is -2.48. The van der Waals surface area contributed by atoms with Gasteiger partial charge in [-0.2, -0.15) is 0 Å². The van der Waals surface area contributed by atoms with Crippen LogP contribution in [0.15, 0.2) is 101 Å². The van der Waals surface area contributed by atoms with Crippen LogP contribution in [0.2, 0.25) is 0 Å². The van der Waals surface area contributed by atoms with Gasteiger partial charge in [-0.1, -0.05) is 70.4 Å². The van der Waals surface area contributed by atoms with Crippen molar-refractivity contribution in [3.8, 4) is 0 Å². The van der Waals surface area contributed by atoms with E-state index in [2.05, 4.69) is 0 Å². The van der Waals surface area contributed by atoms with Gasteiger partial charge in [0.05, 0.1) is 15.2 Å². The van der Waals surface area contributed by atoms with Gasteiger partial charge in [0, 0.05) is 13.0 Å². The molecule has 1 aliphatic carbocycles. The molecule has 6 nitrogen and oxygen atoms in total. The lowest BCUT2D eigenvalue weighted by molar-refractivity contribution is -0.122. The molecule has 32 heavy (non-hydrogen) atoms. The third-order valence-electron chi connectivity index (χ3n) is 5.88. The number of sulfonamides is 2. The molecular formula is C24H23NO5S2. The van der Waals surface area contributed by atoms with E-state index in [0.29, 0.717) is 22.1 Å². The predicted molar refractivity (Wildman–Crippen MR) is 121 cm³/mol. The molecule has 1 unspecified atom stereocenters. The number of hydrogen-bond donors (Lipinski definition) is 0. The van der Waals surface area contributed by atoms with Gasteiger partial charge in [0.25, 0.3) is 20.0 Å². The Morgan fingerprint density at radius 2 is 1.12 bits per heavy atom. The van der Waals surface area contributed by atoms with Crippen LogP contribution in [0.5, 0.6) is 0 Å². The zero-order chi connectivity index (χ0) is 22.8. The molecule has 0 aliphatic heterocycles.